The first-order valence-corrected chi connectivity index (χ1v) is 5.79. The summed E-state index contributed by atoms with van der Waals surface area (Å²) < 4.78 is 28.1. The number of hydrogen-bond acceptors (Lipinski definition) is 3. The fraction of sp³-hybridized carbons (Fsp3) is 0.385. The summed E-state index contributed by atoms with van der Waals surface area (Å²) in [7, 11) is 0. The van der Waals surface area contributed by atoms with Crippen molar-refractivity contribution in [3.63, 3.8) is 0 Å². The van der Waals surface area contributed by atoms with Crippen molar-refractivity contribution in [2.45, 2.75) is 32.4 Å². The Morgan fingerprint density at radius 3 is 2.30 bits per heavy atom. The number of benzene rings is 1. The van der Waals surface area contributed by atoms with Gasteiger partial charge in [-0.1, -0.05) is 0 Å². The molecule has 0 aromatic heterocycles. The monoisotopic (exact) mass is 287 g/mol. The zero-order valence-corrected chi connectivity index (χ0v) is 11.0. The van der Waals surface area contributed by atoms with Gasteiger partial charge in [-0.2, -0.15) is 8.78 Å². The molecule has 1 aromatic carbocycles. The molecule has 0 aliphatic carbocycles. The van der Waals surface area contributed by atoms with Crippen molar-refractivity contribution in [2.24, 2.45) is 0 Å². The third kappa shape index (κ3) is 5.21. The second-order valence-corrected chi connectivity index (χ2v) is 4.81. The SMILES string of the molecule is CC(C)(CC(=O)O)NC(=O)c1ccc(OC(F)F)cc1. The predicted molar refractivity (Wildman–Crippen MR) is 66.9 cm³/mol. The van der Waals surface area contributed by atoms with Crippen LogP contribution in [0.4, 0.5) is 8.78 Å². The summed E-state index contributed by atoms with van der Waals surface area (Å²) >= 11 is 0. The number of alkyl halides is 2. The number of nitrogens with one attached hydrogen (secondary N) is 1. The quantitative estimate of drug-likeness (QED) is 0.841. The van der Waals surface area contributed by atoms with Gasteiger partial charge in [-0.25, -0.2) is 0 Å². The van der Waals surface area contributed by atoms with E-state index >= 15 is 0 Å². The highest BCUT2D eigenvalue weighted by molar-refractivity contribution is 5.95. The van der Waals surface area contributed by atoms with Gasteiger partial charge in [0.05, 0.1) is 6.42 Å². The predicted octanol–water partition coefficient (Wildman–Crippen LogP) is 2.27. The molecule has 0 aliphatic rings. The zero-order chi connectivity index (χ0) is 15.3. The van der Waals surface area contributed by atoms with Gasteiger partial charge in [-0.05, 0) is 38.1 Å². The number of ether oxygens (including phenoxy) is 1. The van der Waals surface area contributed by atoms with Crippen LogP contribution in [-0.4, -0.2) is 29.1 Å². The molecule has 7 heteroatoms. The molecule has 2 N–H and O–H groups in total. The van der Waals surface area contributed by atoms with E-state index < -0.39 is 24.0 Å². The molecule has 1 amide bonds. The minimum Gasteiger partial charge on any atom is -0.481 e. The molecule has 0 heterocycles. The minimum atomic E-state index is -2.93. The fourth-order valence-electron chi connectivity index (χ4n) is 1.59. The Morgan fingerprint density at radius 2 is 1.85 bits per heavy atom. The second kappa shape index (κ2) is 6.31. The molecule has 0 fully saturated rings. The third-order valence-electron chi connectivity index (χ3n) is 2.39. The standard InChI is InChI=1S/C13H15F2NO4/c1-13(2,7-10(17)18)16-11(19)8-3-5-9(6-4-8)20-12(14)15/h3-6,12H,7H2,1-2H3,(H,16,19)(H,17,18). The number of carboxylic acid groups (broad SMARTS) is 1. The van der Waals surface area contributed by atoms with Crippen molar-refractivity contribution in [3.8, 4) is 5.75 Å². The van der Waals surface area contributed by atoms with E-state index in [0.29, 0.717) is 0 Å². The molecule has 0 atom stereocenters. The van der Waals surface area contributed by atoms with E-state index in [1.165, 1.54) is 24.3 Å². The number of hydrogen-bond donors (Lipinski definition) is 2. The van der Waals surface area contributed by atoms with Gasteiger partial charge in [0.15, 0.2) is 0 Å². The highest BCUT2D eigenvalue weighted by atomic mass is 19.3. The van der Waals surface area contributed by atoms with Crippen molar-refractivity contribution >= 4 is 11.9 Å². The van der Waals surface area contributed by atoms with Crippen molar-refractivity contribution in [3.05, 3.63) is 29.8 Å². The first-order chi connectivity index (χ1) is 9.19. The number of carbonyl (C=O) groups is 2. The van der Waals surface area contributed by atoms with E-state index in [1.54, 1.807) is 13.8 Å². The number of amides is 1. The van der Waals surface area contributed by atoms with Gasteiger partial charge in [0, 0.05) is 11.1 Å². The summed E-state index contributed by atoms with van der Waals surface area (Å²) in [5.74, 6) is -1.57. The molecule has 0 bridgehead atoms. The highest BCUT2D eigenvalue weighted by Crippen LogP contribution is 2.16. The number of rotatable bonds is 6. The van der Waals surface area contributed by atoms with Crippen molar-refractivity contribution < 1.29 is 28.2 Å². The lowest BCUT2D eigenvalue weighted by molar-refractivity contribution is -0.138. The number of halogens is 2. The van der Waals surface area contributed by atoms with Gasteiger partial charge in [0.25, 0.3) is 5.91 Å². The largest absolute Gasteiger partial charge is 0.481 e. The fourth-order valence-corrected chi connectivity index (χ4v) is 1.59. The van der Waals surface area contributed by atoms with Crippen LogP contribution in [0.25, 0.3) is 0 Å². The maximum atomic E-state index is 12.0. The highest BCUT2D eigenvalue weighted by Gasteiger charge is 2.24. The molecule has 1 rings (SSSR count). The van der Waals surface area contributed by atoms with Gasteiger partial charge in [-0.15, -0.1) is 0 Å². The van der Waals surface area contributed by atoms with Crippen molar-refractivity contribution in [1.29, 1.82) is 0 Å². The molecule has 20 heavy (non-hydrogen) atoms. The van der Waals surface area contributed by atoms with Crippen LogP contribution in [0.5, 0.6) is 5.75 Å². The lowest BCUT2D eigenvalue weighted by Gasteiger charge is -2.24. The summed E-state index contributed by atoms with van der Waals surface area (Å²) in [6, 6.07) is 5.13. The maximum absolute atomic E-state index is 12.0. The number of aliphatic carboxylic acids is 1. The molecule has 0 aliphatic heterocycles. The molecule has 0 saturated carbocycles. The van der Waals surface area contributed by atoms with Crippen LogP contribution in [0.3, 0.4) is 0 Å². The normalized spacial score (nSPS) is 11.2. The lowest BCUT2D eigenvalue weighted by atomic mass is 10.00. The van der Waals surface area contributed by atoms with E-state index in [9.17, 15) is 18.4 Å². The average molecular weight is 287 g/mol. The average Bonchev–Trinajstić information content (AvgIpc) is 2.26. The second-order valence-electron chi connectivity index (χ2n) is 4.81. The summed E-state index contributed by atoms with van der Waals surface area (Å²) in [5.41, 5.74) is -0.689. The van der Waals surface area contributed by atoms with Crippen LogP contribution in [0, 0.1) is 0 Å². The Morgan fingerprint density at radius 1 is 1.30 bits per heavy atom. The molecule has 0 radical (unpaired) electrons. The molecule has 0 unspecified atom stereocenters. The van der Waals surface area contributed by atoms with E-state index in [0.717, 1.165) is 0 Å². The summed E-state index contributed by atoms with van der Waals surface area (Å²) in [5, 5.41) is 11.3. The Balaban J connectivity index is 2.70. The van der Waals surface area contributed by atoms with Gasteiger partial charge in [0.1, 0.15) is 5.75 Å². The van der Waals surface area contributed by atoms with E-state index in [1.807, 2.05) is 0 Å². The first-order valence-electron chi connectivity index (χ1n) is 5.79. The molecule has 1 aromatic rings. The molecule has 0 saturated heterocycles. The smallest absolute Gasteiger partial charge is 0.387 e. The van der Waals surface area contributed by atoms with Crippen LogP contribution in [0.15, 0.2) is 24.3 Å². The van der Waals surface area contributed by atoms with Crippen LogP contribution >= 0.6 is 0 Å². The molecule has 110 valence electrons. The molecule has 5 nitrogen and oxygen atoms in total. The van der Waals surface area contributed by atoms with Crippen LogP contribution < -0.4 is 10.1 Å². The first kappa shape index (κ1) is 15.9. The zero-order valence-electron chi connectivity index (χ0n) is 11.0. The van der Waals surface area contributed by atoms with Crippen molar-refractivity contribution in [1.82, 2.24) is 5.32 Å². The van der Waals surface area contributed by atoms with E-state index in [2.05, 4.69) is 10.1 Å². The van der Waals surface area contributed by atoms with Gasteiger partial charge in [-0.3, -0.25) is 9.59 Å². The Bertz CT molecular complexity index is 486. The van der Waals surface area contributed by atoms with Gasteiger partial charge in [0.2, 0.25) is 0 Å². The van der Waals surface area contributed by atoms with Crippen LogP contribution in [0.2, 0.25) is 0 Å². The van der Waals surface area contributed by atoms with E-state index in [4.69, 9.17) is 5.11 Å². The third-order valence-corrected chi connectivity index (χ3v) is 2.39. The minimum absolute atomic E-state index is 0.0543. The van der Waals surface area contributed by atoms with Gasteiger partial charge < -0.3 is 15.2 Å². The summed E-state index contributed by atoms with van der Waals surface area (Å²) in [4.78, 5) is 22.5. The number of carboxylic acids is 1. The summed E-state index contributed by atoms with van der Waals surface area (Å²) in [6.45, 7) is 0.227. The molecule has 0 spiro atoms. The molecular weight excluding hydrogens is 272 g/mol. The van der Waals surface area contributed by atoms with Crippen LogP contribution in [0.1, 0.15) is 30.6 Å². The molecular formula is C13H15F2NO4. The Kier molecular flexibility index (Phi) is 5.01. The topological polar surface area (TPSA) is 75.6 Å². The number of carbonyl (C=O) groups excluding carboxylic acids is 1. The van der Waals surface area contributed by atoms with E-state index in [-0.39, 0.29) is 17.7 Å². The van der Waals surface area contributed by atoms with Crippen molar-refractivity contribution in [2.75, 3.05) is 0 Å². The van der Waals surface area contributed by atoms with Crippen LogP contribution in [-0.2, 0) is 4.79 Å². The Labute approximate surface area is 114 Å². The van der Waals surface area contributed by atoms with Gasteiger partial charge >= 0.3 is 12.6 Å². The maximum Gasteiger partial charge on any atom is 0.387 e. The summed E-state index contributed by atoms with van der Waals surface area (Å²) in [6.07, 6.45) is -0.231. The Hall–Kier alpha value is -2.18. The lowest BCUT2D eigenvalue weighted by Crippen LogP contribution is -2.44.